The molecule has 0 aliphatic carbocycles. The maximum atomic E-state index is 11.9. The maximum Gasteiger partial charge on any atom is 0.262 e. The van der Waals surface area contributed by atoms with E-state index in [-0.39, 0.29) is 12.5 Å². The topological polar surface area (TPSA) is 38.3 Å². The van der Waals surface area contributed by atoms with Crippen LogP contribution in [0.15, 0.2) is 53.0 Å². The highest BCUT2D eigenvalue weighted by Crippen LogP contribution is 2.20. The fourth-order valence-electron chi connectivity index (χ4n) is 1.88. The molecule has 0 saturated carbocycles. The Hall–Kier alpha value is -1.81. The van der Waals surface area contributed by atoms with Crippen LogP contribution in [-0.2, 0) is 4.79 Å². The average Bonchev–Trinajstić information content (AvgIpc) is 2.45. The summed E-state index contributed by atoms with van der Waals surface area (Å²) in [6.45, 7) is 4.24. The first-order valence-electron chi connectivity index (χ1n) is 6.83. The van der Waals surface area contributed by atoms with Gasteiger partial charge >= 0.3 is 0 Å². The Kier molecular flexibility index (Phi) is 5.39. The SMILES string of the molecule is CC(C)c1cccc(OCC(=O)Nc2cccc(Br)c2)c1. The van der Waals surface area contributed by atoms with Crippen LogP contribution in [0.25, 0.3) is 0 Å². The number of anilines is 1. The largest absolute Gasteiger partial charge is 0.484 e. The van der Waals surface area contributed by atoms with Gasteiger partial charge in [-0.05, 0) is 41.8 Å². The molecule has 0 aliphatic rings. The summed E-state index contributed by atoms with van der Waals surface area (Å²) < 4.78 is 6.46. The predicted octanol–water partition coefficient (Wildman–Crippen LogP) is 4.59. The number of hydrogen-bond acceptors (Lipinski definition) is 2. The highest BCUT2D eigenvalue weighted by molar-refractivity contribution is 9.10. The second-order valence-corrected chi connectivity index (χ2v) is 5.99. The molecule has 2 aromatic rings. The highest BCUT2D eigenvalue weighted by atomic mass is 79.9. The lowest BCUT2D eigenvalue weighted by molar-refractivity contribution is -0.118. The van der Waals surface area contributed by atoms with Gasteiger partial charge in [-0.25, -0.2) is 0 Å². The van der Waals surface area contributed by atoms with Crippen LogP contribution in [0, 0.1) is 0 Å². The minimum Gasteiger partial charge on any atom is -0.484 e. The second kappa shape index (κ2) is 7.27. The molecule has 2 aromatic carbocycles. The van der Waals surface area contributed by atoms with Crippen LogP contribution in [0.2, 0.25) is 0 Å². The molecule has 0 fully saturated rings. The Morgan fingerprint density at radius 2 is 1.95 bits per heavy atom. The third-order valence-electron chi connectivity index (χ3n) is 3.00. The maximum absolute atomic E-state index is 11.9. The third-order valence-corrected chi connectivity index (χ3v) is 3.50. The lowest BCUT2D eigenvalue weighted by atomic mass is 10.0. The number of rotatable bonds is 5. The van der Waals surface area contributed by atoms with E-state index in [1.54, 1.807) is 0 Å². The normalized spacial score (nSPS) is 10.5. The number of nitrogens with one attached hydrogen (secondary N) is 1. The van der Waals surface area contributed by atoms with Crippen molar-refractivity contribution in [3.8, 4) is 5.75 Å². The van der Waals surface area contributed by atoms with Gasteiger partial charge in [-0.3, -0.25) is 4.79 Å². The molecule has 0 bridgehead atoms. The number of halogens is 1. The Morgan fingerprint density at radius 3 is 2.67 bits per heavy atom. The van der Waals surface area contributed by atoms with Crippen LogP contribution in [0.4, 0.5) is 5.69 Å². The average molecular weight is 348 g/mol. The predicted molar refractivity (Wildman–Crippen MR) is 88.8 cm³/mol. The summed E-state index contributed by atoms with van der Waals surface area (Å²) >= 11 is 3.37. The summed E-state index contributed by atoms with van der Waals surface area (Å²) in [6, 6.07) is 15.3. The van der Waals surface area contributed by atoms with E-state index in [0.717, 1.165) is 10.2 Å². The van der Waals surface area contributed by atoms with Crippen LogP contribution in [0.3, 0.4) is 0 Å². The van der Waals surface area contributed by atoms with Crippen molar-refractivity contribution >= 4 is 27.5 Å². The van der Waals surface area contributed by atoms with Crippen LogP contribution in [0.5, 0.6) is 5.75 Å². The molecule has 0 aromatic heterocycles. The van der Waals surface area contributed by atoms with Crippen LogP contribution >= 0.6 is 15.9 Å². The van der Waals surface area contributed by atoms with Gasteiger partial charge in [0, 0.05) is 10.2 Å². The van der Waals surface area contributed by atoms with Crippen molar-refractivity contribution in [1.82, 2.24) is 0 Å². The van der Waals surface area contributed by atoms with Crippen molar-refractivity contribution in [3.63, 3.8) is 0 Å². The molecule has 4 heteroatoms. The zero-order valence-electron chi connectivity index (χ0n) is 12.1. The van der Waals surface area contributed by atoms with Crippen molar-refractivity contribution in [2.75, 3.05) is 11.9 Å². The van der Waals surface area contributed by atoms with E-state index in [1.807, 2.05) is 42.5 Å². The van der Waals surface area contributed by atoms with Gasteiger partial charge in [-0.2, -0.15) is 0 Å². The molecule has 3 nitrogen and oxygen atoms in total. The van der Waals surface area contributed by atoms with Gasteiger partial charge in [-0.1, -0.05) is 48.0 Å². The standard InChI is InChI=1S/C17H18BrNO2/c1-12(2)13-5-3-8-16(9-13)21-11-17(20)19-15-7-4-6-14(18)10-15/h3-10,12H,11H2,1-2H3,(H,19,20). The number of carbonyl (C=O) groups excluding carboxylic acids is 1. The van der Waals surface area contributed by atoms with E-state index in [0.29, 0.717) is 11.7 Å². The van der Waals surface area contributed by atoms with Crippen molar-refractivity contribution < 1.29 is 9.53 Å². The van der Waals surface area contributed by atoms with E-state index in [1.165, 1.54) is 5.56 Å². The molecule has 21 heavy (non-hydrogen) atoms. The van der Waals surface area contributed by atoms with Crippen LogP contribution in [-0.4, -0.2) is 12.5 Å². The number of amides is 1. The zero-order valence-corrected chi connectivity index (χ0v) is 13.7. The van der Waals surface area contributed by atoms with Crippen molar-refractivity contribution in [1.29, 1.82) is 0 Å². The molecule has 1 N–H and O–H groups in total. The quantitative estimate of drug-likeness (QED) is 0.858. The molecule has 0 aliphatic heterocycles. The first-order valence-corrected chi connectivity index (χ1v) is 7.62. The summed E-state index contributed by atoms with van der Waals surface area (Å²) in [7, 11) is 0. The summed E-state index contributed by atoms with van der Waals surface area (Å²) in [5, 5.41) is 2.80. The van der Waals surface area contributed by atoms with Gasteiger partial charge in [0.05, 0.1) is 0 Å². The van der Waals surface area contributed by atoms with Crippen LogP contribution in [0.1, 0.15) is 25.3 Å². The second-order valence-electron chi connectivity index (χ2n) is 5.07. The summed E-state index contributed by atoms with van der Waals surface area (Å²) in [5.74, 6) is 0.970. The Bertz CT molecular complexity index is 626. The fraction of sp³-hybridized carbons (Fsp3) is 0.235. The molecule has 0 spiro atoms. The Balaban J connectivity index is 1.90. The first-order chi connectivity index (χ1) is 10.0. The van der Waals surface area contributed by atoms with E-state index in [4.69, 9.17) is 4.74 Å². The lowest BCUT2D eigenvalue weighted by Gasteiger charge is -2.10. The van der Waals surface area contributed by atoms with Crippen molar-refractivity contribution in [2.24, 2.45) is 0 Å². The first kappa shape index (κ1) is 15.6. The van der Waals surface area contributed by atoms with Gasteiger partial charge < -0.3 is 10.1 Å². The van der Waals surface area contributed by atoms with E-state index in [9.17, 15) is 4.79 Å². The van der Waals surface area contributed by atoms with Gasteiger partial charge in [0.2, 0.25) is 0 Å². The van der Waals surface area contributed by atoms with Gasteiger partial charge in [0.25, 0.3) is 5.91 Å². The molecule has 0 unspecified atom stereocenters. The Morgan fingerprint density at radius 1 is 1.19 bits per heavy atom. The van der Waals surface area contributed by atoms with Gasteiger partial charge in [0.15, 0.2) is 6.61 Å². The summed E-state index contributed by atoms with van der Waals surface area (Å²) in [5.41, 5.74) is 1.94. The lowest BCUT2D eigenvalue weighted by Crippen LogP contribution is -2.20. The Labute approximate surface area is 133 Å². The van der Waals surface area contributed by atoms with Crippen molar-refractivity contribution in [2.45, 2.75) is 19.8 Å². The smallest absolute Gasteiger partial charge is 0.262 e. The fourth-order valence-corrected chi connectivity index (χ4v) is 2.27. The van der Waals surface area contributed by atoms with E-state index < -0.39 is 0 Å². The zero-order chi connectivity index (χ0) is 15.2. The summed E-state index contributed by atoms with van der Waals surface area (Å²) in [6.07, 6.45) is 0. The third kappa shape index (κ3) is 4.90. The number of ether oxygens (including phenoxy) is 1. The molecule has 1 amide bonds. The monoisotopic (exact) mass is 347 g/mol. The molecule has 0 radical (unpaired) electrons. The molecule has 0 atom stereocenters. The number of hydrogen-bond donors (Lipinski definition) is 1. The molecule has 0 saturated heterocycles. The minimum absolute atomic E-state index is 0.00589. The minimum atomic E-state index is -0.178. The molecule has 0 heterocycles. The summed E-state index contributed by atoms with van der Waals surface area (Å²) in [4.78, 5) is 11.9. The molecule has 2 rings (SSSR count). The van der Waals surface area contributed by atoms with E-state index >= 15 is 0 Å². The number of carbonyl (C=O) groups is 1. The number of benzene rings is 2. The molecular weight excluding hydrogens is 330 g/mol. The molecular formula is C17H18BrNO2. The van der Waals surface area contributed by atoms with E-state index in [2.05, 4.69) is 41.2 Å². The highest BCUT2D eigenvalue weighted by Gasteiger charge is 2.05. The van der Waals surface area contributed by atoms with Gasteiger partial charge in [-0.15, -0.1) is 0 Å². The van der Waals surface area contributed by atoms with Gasteiger partial charge in [0.1, 0.15) is 5.75 Å². The van der Waals surface area contributed by atoms with Crippen molar-refractivity contribution in [3.05, 3.63) is 58.6 Å². The molecule has 110 valence electrons. The van der Waals surface area contributed by atoms with Crippen LogP contribution < -0.4 is 10.1 Å².